The second-order valence-electron chi connectivity index (χ2n) is 5.45. The van der Waals surface area contributed by atoms with E-state index in [1.54, 1.807) is 19.2 Å². The quantitative estimate of drug-likeness (QED) is 0.806. The van der Waals surface area contributed by atoms with Crippen molar-refractivity contribution in [3.63, 3.8) is 0 Å². The number of amides is 1. The summed E-state index contributed by atoms with van der Waals surface area (Å²) in [6.45, 7) is 1.38. The van der Waals surface area contributed by atoms with E-state index in [9.17, 15) is 4.79 Å². The van der Waals surface area contributed by atoms with Crippen LogP contribution in [-0.2, 0) is 9.53 Å². The highest BCUT2D eigenvalue weighted by atomic mass is 16.5. The van der Waals surface area contributed by atoms with E-state index in [0.717, 1.165) is 6.42 Å². The lowest BCUT2D eigenvalue weighted by molar-refractivity contribution is -0.121. The van der Waals surface area contributed by atoms with Crippen LogP contribution >= 0.6 is 0 Å². The molecule has 5 heteroatoms. The molecule has 0 aromatic heterocycles. The largest absolute Gasteiger partial charge is 0.495 e. The maximum atomic E-state index is 11.9. The number of hydrogen-bond acceptors (Lipinski definition) is 4. The summed E-state index contributed by atoms with van der Waals surface area (Å²) < 4.78 is 10.7. The van der Waals surface area contributed by atoms with Gasteiger partial charge in [-0.25, -0.2) is 0 Å². The molecule has 0 spiro atoms. The van der Waals surface area contributed by atoms with Gasteiger partial charge in [-0.05, 0) is 43.4 Å². The number of carbonyl (C=O) groups excluding carboxylic acids is 1. The lowest BCUT2D eigenvalue weighted by atomic mass is 9.97. The van der Waals surface area contributed by atoms with Crippen LogP contribution in [-0.4, -0.2) is 32.8 Å². The van der Waals surface area contributed by atoms with Gasteiger partial charge in [-0.2, -0.15) is 0 Å². The van der Waals surface area contributed by atoms with Crippen LogP contribution in [0.25, 0.3) is 0 Å². The Kier molecular flexibility index (Phi) is 6.02. The summed E-state index contributed by atoms with van der Waals surface area (Å²) in [7, 11) is 1.58. The van der Waals surface area contributed by atoms with Crippen LogP contribution < -0.4 is 15.8 Å². The van der Waals surface area contributed by atoms with Crippen molar-refractivity contribution in [2.75, 3.05) is 32.2 Å². The molecule has 1 fully saturated rings. The van der Waals surface area contributed by atoms with Crippen LogP contribution in [0, 0.1) is 11.8 Å². The monoisotopic (exact) mass is 292 g/mol. The Morgan fingerprint density at radius 3 is 2.86 bits per heavy atom. The Morgan fingerprint density at radius 2 is 2.10 bits per heavy atom. The number of para-hydroxylation sites is 2. The van der Waals surface area contributed by atoms with Gasteiger partial charge in [0, 0.05) is 0 Å². The number of rotatable bonds is 7. The van der Waals surface area contributed by atoms with E-state index in [4.69, 9.17) is 15.2 Å². The molecule has 1 aliphatic rings. The van der Waals surface area contributed by atoms with Crippen LogP contribution in [0.1, 0.15) is 19.3 Å². The van der Waals surface area contributed by atoms with Gasteiger partial charge in [-0.1, -0.05) is 18.6 Å². The van der Waals surface area contributed by atoms with Gasteiger partial charge in [0.1, 0.15) is 12.4 Å². The smallest absolute Gasteiger partial charge is 0.250 e. The summed E-state index contributed by atoms with van der Waals surface area (Å²) >= 11 is 0. The minimum Gasteiger partial charge on any atom is -0.495 e. The first-order chi connectivity index (χ1) is 10.2. The third-order valence-corrected chi connectivity index (χ3v) is 4.07. The van der Waals surface area contributed by atoms with Gasteiger partial charge in [0.05, 0.1) is 19.4 Å². The van der Waals surface area contributed by atoms with E-state index in [0.29, 0.717) is 36.4 Å². The highest BCUT2D eigenvalue weighted by molar-refractivity contribution is 5.93. The molecule has 5 nitrogen and oxygen atoms in total. The molecule has 116 valence electrons. The van der Waals surface area contributed by atoms with Crippen LogP contribution in [0.3, 0.4) is 0 Å². The predicted molar refractivity (Wildman–Crippen MR) is 82.3 cm³/mol. The lowest BCUT2D eigenvalue weighted by Gasteiger charge is -2.17. The van der Waals surface area contributed by atoms with Crippen LogP contribution in [0.15, 0.2) is 24.3 Å². The van der Waals surface area contributed by atoms with E-state index in [2.05, 4.69) is 5.32 Å². The van der Waals surface area contributed by atoms with Crippen molar-refractivity contribution in [3.05, 3.63) is 24.3 Å². The summed E-state index contributed by atoms with van der Waals surface area (Å²) in [5.41, 5.74) is 6.40. The lowest BCUT2D eigenvalue weighted by Crippen LogP contribution is -2.25. The summed E-state index contributed by atoms with van der Waals surface area (Å²) in [4.78, 5) is 11.9. The average Bonchev–Trinajstić information content (AvgIpc) is 2.95. The van der Waals surface area contributed by atoms with E-state index in [1.807, 2.05) is 12.1 Å². The molecule has 1 saturated carbocycles. The zero-order valence-electron chi connectivity index (χ0n) is 12.5. The van der Waals surface area contributed by atoms with Crippen LogP contribution in [0.2, 0.25) is 0 Å². The van der Waals surface area contributed by atoms with Crippen molar-refractivity contribution in [3.8, 4) is 5.75 Å². The topological polar surface area (TPSA) is 73.6 Å². The van der Waals surface area contributed by atoms with Crippen LogP contribution in [0.5, 0.6) is 5.75 Å². The molecule has 1 amide bonds. The SMILES string of the molecule is COc1ccccc1NC(=O)COCC1CCCC1CN. The zero-order valence-corrected chi connectivity index (χ0v) is 12.5. The summed E-state index contributed by atoms with van der Waals surface area (Å²) in [6, 6.07) is 7.32. The second kappa shape index (κ2) is 8.00. The number of benzene rings is 1. The molecule has 21 heavy (non-hydrogen) atoms. The number of hydrogen-bond donors (Lipinski definition) is 2. The highest BCUT2D eigenvalue weighted by Gasteiger charge is 2.26. The molecule has 1 aromatic rings. The molecule has 1 aromatic carbocycles. The minimum absolute atomic E-state index is 0.0613. The fourth-order valence-electron chi connectivity index (χ4n) is 2.88. The van der Waals surface area contributed by atoms with Gasteiger partial charge >= 0.3 is 0 Å². The van der Waals surface area contributed by atoms with Crippen molar-refractivity contribution in [1.82, 2.24) is 0 Å². The number of ether oxygens (including phenoxy) is 2. The molecular formula is C16H24N2O3. The summed E-state index contributed by atoms with van der Waals surface area (Å²) in [5, 5.41) is 2.80. The van der Waals surface area contributed by atoms with Gasteiger partial charge in [0.25, 0.3) is 0 Å². The number of anilines is 1. The van der Waals surface area contributed by atoms with Crippen molar-refractivity contribution in [2.45, 2.75) is 19.3 Å². The molecule has 2 atom stereocenters. The maximum absolute atomic E-state index is 11.9. The van der Waals surface area contributed by atoms with Crippen molar-refractivity contribution < 1.29 is 14.3 Å². The molecule has 2 unspecified atom stereocenters. The van der Waals surface area contributed by atoms with Crippen molar-refractivity contribution in [1.29, 1.82) is 0 Å². The fourth-order valence-corrected chi connectivity index (χ4v) is 2.88. The zero-order chi connectivity index (χ0) is 15.1. The number of nitrogens with two attached hydrogens (primary N) is 1. The molecule has 3 N–H and O–H groups in total. The minimum atomic E-state index is -0.165. The Balaban J connectivity index is 1.75. The Hall–Kier alpha value is -1.59. The summed E-state index contributed by atoms with van der Waals surface area (Å²) in [5.74, 6) is 1.52. The normalized spacial score (nSPS) is 21.2. The number of carbonyl (C=O) groups is 1. The van der Waals surface area contributed by atoms with Gasteiger partial charge in [-0.3, -0.25) is 4.79 Å². The van der Waals surface area contributed by atoms with Gasteiger partial charge in [0.2, 0.25) is 5.91 Å². The molecule has 0 saturated heterocycles. The standard InChI is InChI=1S/C16H24N2O3/c1-20-15-8-3-2-7-14(15)18-16(19)11-21-10-13-6-4-5-12(13)9-17/h2-3,7-8,12-13H,4-6,9-11,17H2,1H3,(H,18,19). The fraction of sp³-hybridized carbons (Fsp3) is 0.562. The van der Waals surface area contributed by atoms with Crippen molar-refractivity contribution in [2.24, 2.45) is 17.6 Å². The van der Waals surface area contributed by atoms with E-state index >= 15 is 0 Å². The Morgan fingerprint density at radius 1 is 1.33 bits per heavy atom. The molecule has 0 heterocycles. The number of nitrogens with one attached hydrogen (secondary N) is 1. The molecular weight excluding hydrogens is 268 g/mol. The highest BCUT2D eigenvalue weighted by Crippen LogP contribution is 2.31. The molecule has 1 aliphatic carbocycles. The van der Waals surface area contributed by atoms with E-state index in [-0.39, 0.29) is 12.5 Å². The Bertz CT molecular complexity index is 465. The van der Waals surface area contributed by atoms with Gasteiger partial charge in [-0.15, -0.1) is 0 Å². The van der Waals surface area contributed by atoms with Gasteiger partial charge < -0.3 is 20.5 Å². The van der Waals surface area contributed by atoms with Gasteiger partial charge in [0.15, 0.2) is 0 Å². The molecule has 0 bridgehead atoms. The Labute approximate surface area is 125 Å². The van der Waals surface area contributed by atoms with E-state index < -0.39 is 0 Å². The summed E-state index contributed by atoms with van der Waals surface area (Å²) in [6.07, 6.45) is 3.54. The average molecular weight is 292 g/mol. The first-order valence-corrected chi connectivity index (χ1v) is 7.45. The molecule has 0 radical (unpaired) electrons. The molecule has 2 rings (SSSR count). The maximum Gasteiger partial charge on any atom is 0.250 e. The third-order valence-electron chi connectivity index (χ3n) is 4.07. The first kappa shape index (κ1) is 15.8. The predicted octanol–water partition coefficient (Wildman–Crippen LogP) is 2.03. The number of methoxy groups -OCH3 is 1. The first-order valence-electron chi connectivity index (χ1n) is 7.45. The van der Waals surface area contributed by atoms with E-state index in [1.165, 1.54) is 12.8 Å². The second-order valence-corrected chi connectivity index (χ2v) is 5.45. The third kappa shape index (κ3) is 4.44. The molecule has 0 aliphatic heterocycles. The van der Waals surface area contributed by atoms with Crippen LogP contribution in [0.4, 0.5) is 5.69 Å². The van der Waals surface area contributed by atoms with Crippen molar-refractivity contribution >= 4 is 11.6 Å².